The predicted molar refractivity (Wildman–Crippen MR) is 145 cm³/mol. The zero-order chi connectivity index (χ0) is 24.0. The van der Waals surface area contributed by atoms with Crippen LogP contribution >= 0.6 is 19.2 Å². The van der Waals surface area contributed by atoms with Gasteiger partial charge in [-0.05, 0) is 42.7 Å². The van der Waals surface area contributed by atoms with Crippen LogP contribution in [0.1, 0.15) is 110 Å². The lowest BCUT2D eigenvalue weighted by Gasteiger charge is -2.37. The van der Waals surface area contributed by atoms with Gasteiger partial charge < -0.3 is 4.74 Å². The minimum Gasteiger partial charge on any atom is -0.488 e. The van der Waals surface area contributed by atoms with Crippen LogP contribution < -0.4 is 4.74 Å². The van der Waals surface area contributed by atoms with Crippen molar-refractivity contribution >= 4 is 19.2 Å². The average molecular weight is 475 g/mol. The van der Waals surface area contributed by atoms with E-state index in [-0.39, 0.29) is 16.0 Å². The summed E-state index contributed by atoms with van der Waals surface area (Å²) in [5.41, 5.74) is 5.20. The molecule has 32 heavy (non-hydrogen) atoms. The molecule has 0 saturated heterocycles. The minimum atomic E-state index is -0.0516. The Morgan fingerprint density at radius 1 is 0.844 bits per heavy atom. The molecule has 0 spiro atoms. The fraction of sp³-hybridized carbons (Fsp3) is 0.586. The number of hydrogen-bond donors (Lipinski definition) is 0. The molecule has 0 saturated carbocycles. The molecule has 0 aliphatic rings. The maximum atomic E-state index is 6.83. The van der Waals surface area contributed by atoms with Gasteiger partial charge in [0.1, 0.15) is 12.4 Å². The molecule has 0 amide bonds. The Balaban J connectivity index is 2.73. The van der Waals surface area contributed by atoms with E-state index in [4.69, 9.17) is 16.0 Å². The second kappa shape index (κ2) is 11.4. The Hall–Kier alpha value is -1.04. The Kier molecular flexibility index (Phi) is 9.69. The maximum absolute atomic E-state index is 6.83. The molecule has 2 aromatic rings. The van der Waals surface area contributed by atoms with Crippen LogP contribution in [0, 0.1) is 0 Å². The second-order valence-corrected chi connectivity index (χ2v) is 12.9. The fourth-order valence-electron chi connectivity index (χ4n) is 4.20. The molecule has 2 unspecified atom stereocenters. The summed E-state index contributed by atoms with van der Waals surface area (Å²) in [7, 11) is 0.327. The van der Waals surface area contributed by atoms with E-state index >= 15 is 0 Å². The summed E-state index contributed by atoms with van der Waals surface area (Å²) in [6, 6.07) is 15.3. The van der Waals surface area contributed by atoms with Gasteiger partial charge in [-0.2, -0.15) is 0 Å². The first-order valence-electron chi connectivity index (χ1n) is 12.2. The predicted octanol–water partition coefficient (Wildman–Crippen LogP) is 9.88. The van der Waals surface area contributed by atoms with Gasteiger partial charge in [0.25, 0.3) is 0 Å². The standard InChI is InChI=1S/C29H44ClOP/c1-9-11-15-18-29(10-2,32-30)25-20-23(27(3,4)5)19-24(28(6,7)8)26(25)31-21-22-16-13-12-14-17-22/h12-14,16-17,19-20,32H,9-11,15,18,21H2,1-8H3. The van der Waals surface area contributed by atoms with Gasteiger partial charge in [0.2, 0.25) is 0 Å². The third-order valence-corrected chi connectivity index (χ3v) is 8.82. The van der Waals surface area contributed by atoms with Gasteiger partial charge in [0, 0.05) is 16.3 Å². The van der Waals surface area contributed by atoms with Crippen LogP contribution in [-0.2, 0) is 22.6 Å². The molecule has 0 aliphatic heterocycles. The van der Waals surface area contributed by atoms with Gasteiger partial charge in [0.05, 0.1) is 0 Å². The van der Waals surface area contributed by atoms with E-state index in [1.807, 2.05) is 0 Å². The molecule has 2 aromatic carbocycles. The first-order valence-corrected chi connectivity index (χ1v) is 14.2. The summed E-state index contributed by atoms with van der Waals surface area (Å²) in [5.74, 6) is 1.06. The van der Waals surface area contributed by atoms with Crippen molar-refractivity contribution in [1.29, 1.82) is 0 Å². The quantitative estimate of drug-likeness (QED) is 0.246. The zero-order valence-electron chi connectivity index (χ0n) is 21.6. The number of unbranched alkanes of at least 4 members (excludes halogenated alkanes) is 2. The van der Waals surface area contributed by atoms with Crippen molar-refractivity contribution in [3.8, 4) is 5.75 Å². The summed E-state index contributed by atoms with van der Waals surface area (Å²) >= 11 is 6.83. The summed E-state index contributed by atoms with van der Waals surface area (Å²) in [6.45, 7) is 18.9. The Labute approximate surface area is 204 Å². The third kappa shape index (κ3) is 6.74. The van der Waals surface area contributed by atoms with Gasteiger partial charge >= 0.3 is 0 Å². The van der Waals surface area contributed by atoms with E-state index < -0.39 is 0 Å². The molecule has 0 bridgehead atoms. The van der Waals surface area contributed by atoms with Crippen molar-refractivity contribution in [3.63, 3.8) is 0 Å². The van der Waals surface area contributed by atoms with Crippen molar-refractivity contribution in [3.05, 3.63) is 64.7 Å². The highest BCUT2D eigenvalue weighted by molar-refractivity contribution is 7.69. The molecule has 1 nitrogen and oxygen atoms in total. The Morgan fingerprint density at radius 2 is 1.47 bits per heavy atom. The smallest absolute Gasteiger partial charge is 0.127 e. The molecule has 2 rings (SSSR count). The van der Waals surface area contributed by atoms with Gasteiger partial charge in [-0.15, -0.1) is 0 Å². The molecule has 178 valence electrons. The van der Waals surface area contributed by atoms with Crippen LogP contribution in [0.25, 0.3) is 0 Å². The van der Waals surface area contributed by atoms with Crippen molar-refractivity contribution in [2.24, 2.45) is 0 Å². The molecule has 0 N–H and O–H groups in total. The summed E-state index contributed by atoms with van der Waals surface area (Å²) in [6.07, 6.45) is 5.80. The zero-order valence-corrected chi connectivity index (χ0v) is 23.3. The molecule has 0 aliphatic carbocycles. The molecular weight excluding hydrogens is 431 g/mol. The van der Waals surface area contributed by atoms with Crippen molar-refractivity contribution in [2.45, 2.75) is 110 Å². The van der Waals surface area contributed by atoms with E-state index in [1.165, 1.54) is 41.5 Å². The van der Waals surface area contributed by atoms with Crippen molar-refractivity contribution < 1.29 is 4.74 Å². The largest absolute Gasteiger partial charge is 0.488 e. The summed E-state index contributed by atoms with van der Waals surface area (Å²) < 4.78 is 6.71. The van der Waals surface area contributed by atoms with Crippen LogP contribution in [-0.4, -0.2) is 0 Å². The molecular formula is C29H44ClOP. The molecule has 2 atom stereocenters. The Morgan fingerprint density at radius 3 is 1.97 bits per heavy atom. The third-order valence-electron chi connectivity index (χ3n) is 6.50. The molecule has 3 heteroatoms. The number of hydrogen-bond acceptors (Lipinski definition) is 1. The van der Waals surface area contributed by atoms with E-state index in [1.54, 1.807) is 0 Å². The van der Waals surface area contributed by atoms with Crippen LogP contribution in [0.15, 0.2) is 42.5 Å². The van der Waals surface area contributed by atoms with E-state index in [9.17, 15) is 0 Å². The van der Waals surface area contributed by atoms with Crippen LogP contribution in [0.3, 0.4) is 0 Å². The van der Waals surface area contributed by atoms with Gasteiger partial charge in [-0.1, -0.05) is 128 Å². The monoisotopic (exact) mass is 474 g/mol. The summed E-state index contributed by atoms with van der Waals surface area (Å²) in [4.78, 5) is 0. The molecule has 0 heterocycles. The van der Waals surface area contributed by atoms with Gasteiger partial charge in [-0.3, -0.25) is 0 Å². The highest BCUT2D eigenvalue weighted by atomic mass is 35.7. The molecule has 0 radical (unpaired) electrons. The first-order chi connectivity index (χ1) is 15.0. The van der Waals surface area contributed by atoms with E-state index in [0.29, 0.717) is 14.5 Å². The maximum Gasteiger partial charge on any atom is 0.127 e. The van der Waals surface area contributed by atoms with Crippen molar-refractivity contribution in [2.75, 3.05) is 0 Å². The number of rotatable bonds is 10. The first kappa shape index (κ1) is 27.2. The summed E-state index contributed by atoms with van der Waals surface area (Å²) in [5, 5.41) is -0.0516. The molecule has 0 aromatic heterocycles. The number of ether oxygens (including phenoxy) is 1. The lowest BCUT2D eigenvalue weighted by Crippen LogP contribution is -2.25. The van der Waals surface area contributed by atoms with Crippen molar-refractivity contribution in [1.82, 2.24) is 0 Å². The topological polar surface area (TPSA) is 9.23 Å². The highest BCUT2D eigenvalue weighted by Crippen LogP contribution is 2.56. The highest BCUT2D eigenvalue weighted by Gasteiger charge is 2.36. The SMILES string of the molecule is CCCCCC(CC)(PCl)c1cc(C(C)(C)C)cc(C(C)(C)C)c1OCc1ccccc1. The fourth-order valence-corrected chi connectivity index (χ4v) is 5.89. The second-order valence-electron chi connectivity index (χ2n) is 11.2. The van der Waals surface area contributed by atoms with Crippen LogP contribution in [0.4, 0.5) is 0 Å². The lowest BCUT2D eigenvalue weighted by atomic mass is 9.76. The van der Waals surface area contributed by atoms with Gasteiger partial charge in [-0.25, -0.2) is 0 Å². The number of halogens is 1. The minimum absolute atomic E-state index is 0.0274. The Bertz CT molecular complexity index is 842. The van der Waals surface area contributed by atoms with E-state index in [2.05, 4.69) is 97.9 Å². The normalized spacial score (nSPS) is 14.7. The van der Waals surface area contributed by atoms with Crippen LogP contribution in [0.2, 0.25) is 0 Å². The average Bonchev–Trinajstić information content (AvgIpc) is 2.74. The molecule has 0 fully saturated rings. The van der Waals surface area contributed by atoms with Gasteiger partial charge in [0.15, 0.2) is 0 Å². The van der Waals surface area contributed by atoms with E-state index in [0.717, 1.165) is 18.6 Å². The number of benzene rings is 2. The van der Waals surface area contributed by atoms with Crippen LogP contribution in [0.5, 0.6) is 5.75 Å². The lowest BCUT2D eigenvalue weighted by molar-refractivity contribution is 0.288.